The Kier molecular flexibility index (Phi) is 3.78. The van der Waals surface area contributed by atoms with Crippen molar-refractivity contribution in [3.05, 3.63) is 34.1 Å². The van der Waals surface area contributed by atoms with Crippen LogP contribution in [0.4, 0.5) is 0 Å². The van der Waals surface area contributed by atoms with Gasteiger partial charge in [-0.2, -0.15) is 10.2 Å². The summed E-state index contributed by atoms with van der Waals surface area (Å²) < 4.78 is 6.17. The van der Waals surface area contributed by atoms with Crippen molar-refractivity contribution < 1.29 is 4.52 Å². The van der Waals surface area contributed by atoms with Crippen LogP contribution in [-0.2, 0) is 6.42 Å². The summed E-state index contributed by atoms with van der Waals surface area (Å²) in [4.78, 5) is 4.31. The second-order valence-electron chi connectivity index (χ2n) is 4.21. The normalized spacial score (nSPS) is 12.1. The molecule has 0 amide bonds. The molecule has 1 heterocycles. The fourth-order valence-electron chi connectivity index (χ4n) is 1.63. The first-order valence-electron chi connectivity index (χ1n) is 5.59. The SMILES string of the molecule is Cc1cc(Br)ccc1-c1noc(CC(C)C#N)n1. The number of rotatable bonds is 3. The van der Waals surface area contributed by atoms with E-state index >= 15 is 0 Å². The second-order valence-corrected chi connectivity index (χ2v) is 5.12. The van der Waals surface area contributed by atoms with E-state index in [1.807, 2.05) is 32.0 Å². The first-order chi connectivity index (χ1) is 8.60. The number of aryl methyl sites for hydroxylation is 1. The van der Waals surface area contributed by atoms with Gasteiger partial charge in [0.05, 0.1) is 12.0 Å². The number of halogens is 1. The largest absolute Gasteiger partial charge is 0.339 e. The molecule has 18 heavy (non-hydrogen) atoms. The van der Waals surface area contributed by atoms with Crippen LogP contribution in [0.2, 0.25) is 0 Å². The molecule has 2 rings (SSSR count). The highest BCUT2D eigenvalue weighted by atomic mass is 79.9. The third kappa shape index (κ3) is 2.77. The fourth-order valence-corrected chi connectivity index (χ4v) is 2.11. The minimum atomic E-state index is -0.121. The molecule has 0 spiro atoms. The van der Waals surface area contributed by atoms with Crippen LogP contribution in [-0.4, -0.2) is 10.1 Å². The molecule has 0 fully saturated rings. The van der Waals surface area contributed by atoms with Crippen LogP contribution in [0.1, 0.15) is 18.4 Å². The highest BCUT2D eigenvalue weighted by Crippen LogP contribution is 2.24. The number of aromatic nitrogens is 2. The summed E-state index contributed by atoms with van der Waals surface area (Å²) in [5.74, 6) is 0.950. The van der Waals surface area contributed by atoms with Crippen LogP contribution in [0.25, 0.3) is 11.4 Å². The van der Waals surface area contributed by atoms with Gasteiger partial charge in [0.1, 0.15) is 0 Å². The van der Waals surface area contributed by atoms with Crippen molar-refractivity contribution in [1.29, 1.82) is 5.26 Å². The molecule has 1 aromatic carbocycles. The summed E-state index contributed by atoms with van der Waals surface area (Å²) in [5.41, 5.74) is 2.02. The predicted octanol–water partition coefficient (Wildman–Crippen LogP) is 3.51. The van der Waals surface area contributed by atoms with E-state index in [0.29, 0.717) is 18.1 Å². The summed E-state index contributed by atoms with van der Waals surface area (Å²) in [6.07, 6.45) is 0.485. The zero-order valence-corrected chi connectivity index (χ0v) is 11.7. The Morgan fingerprint density at radius 2 is 2.28 bits per heavy atom. The number of nitriles is 1. The van der Waals surface area contributed by atoms with E-state index in [4.69, 9.17) is 9.78 Å². The first-order valence-corrected chi connectivity index (χ1v) is 6.38. The summed E-state index contributed by atoms with van der Waals surface area (Å²) in [5, 5.41) is 12.7. The Morgan fingerprint density at radius 1 is 1.50 bits per heavy atom. The standard InChI is InChI=1S/C13H12BrN3O/c1-8(7-15)5-12-16-13(17-18-12)11-4-3-10(14)6-9(11)2/h3-4,6,8H,5H2,1-2H3. The van der Waals surface area contributed by atoms with Crippen LogP contribution in [0.5, 0.6) is 0 Å². The molecule has 0 N–H and O–H groups in total. The van der Waals surface area contributed by atoms with Gasteiger partial charge in [-0.3, -0.25) is 0 Å². The van der Waals surface area contributed by atoms with Crippen LogP contribution in [0, 0.1) is 24.2 Å². The lowest BCUT2D eigenvalue weighted by Gasteiger charge is -2.00. The van der Waals surface area contributed by atoms with E-state index in [1.165, 1.54) is 0 Å². The molecule has 0 bridgehead atoms. The van der Waals surface area contributed by atoms with Crippen molar-refractivity contribution in [3.8, 4) is 17.5 Å². The van der Waals surface area contributed by atoms with Gasteiger partial charge >= 0.3 is 0 Å². The van der Waals surface area contributed by atoms with Gasteiger partial charge in [-0.15, -0.1) is 0 Å². The van der Waals surface area contributed by atoms with Crippen molar-refractivity contribution in [1.82, 2.24) is 10.1 Å². The summed E-state index contributed by atoms with van der Waals surface area (Å²) in [6, 6.07) is 8.04. The summed E-state index contributed by atoms with van der Waals surface area (Å²) >= 11 is 3.42. The maximum atomic E-state index is 8.75. The number of benzene rings is 1. The minimum Gasteiger partial charge on any atom is -0.339 e. The van der Waals surface area contributed by atoms with E-state index in [1.54, 1.807) is 0 Å². The predicted molar refractivity (Wildman–Crippen MR) is 70.7 cm³/mol. The van der Waals surface area contributed by atoms with Crippen LogP contribution in [0.3, 0.4) is 0 Å². The Balaban J connectivity index is 2.27. The van der Waals surface area contributed by atoms with Crippen molar-refractivity contribution in [2.45, 2.75) is 20.3 Å². The molecule has 0 radical (unpaired) electrons. The molecule has 1 unspecified atom stereocenters. The van der Waals surface area contributed by atoms with Crippen LogP contribution in [0.15, 0.2) is 27.2 Å². The Hall–Kier alpha value is -1.67. The van der Waals surface area contributed by atoms with Crippen molar-refractivity contribution in [3.63, 3.8) is 0 Å². The van der Waals surface area contributed by atoms with E-state index in [-0.39, 0.29) is 5.92 Å². The molecule has 0 saturated heterocycles. The average Bonchev–Trinajstić information content (AvgIpc) is 2.77. The number of nitrogens with zero attached hydrogens (tertiary/aromatic N) is 3. The Bertz CT molecular complexity index is 601. The van der Waals surface area contributed by atoms with Gasteiger partial charge in [-0.1, -0.05) is 21.1 Å². The summed E-state index contributed by atoms with van der Waals surface area (Å²) in [6.45, 7) is 3.82. The first kappa shape index (κ1) is 12.8. The minimum absolute atomic E-state index is 0.121. The third-order valence-electron chi connectivity index (χ3n) is 2.60. The number of hydrogen-bond acceptors (Lipinski definition) is 4. The zero-order chi connectivity index (χ0) is 13.1. The second kappa shape index (κ2) is 5.32. The van der Waals surface area contributed by atoms with Crippen LogP contribution >= 0.6 is 15.9 Å². The van der Waals surface area contributed by atoms with E-state index < -0.39 is 0 Å². The summed E-state index contributed by atoms with van der Waals surface area (Å²) in [7, 11) is 0. The maximum Gasteiger partial charge on any atom is 0.228 e. The Morgan fingerprint density at radius 3 is 2.94 bits per heavy atom. The lowest BCUT2D eigenvalue weighted by atomic mass is 10.1. The molecular weight excluding hydrogens is 294 g/mol. The smallest absolute Gasteiger partial charge is 0.228 e. The van der Waals surface area contributed by atoms with Gasteiger partial charge in [0, 0.05) is 16.5 Å². The van der Waals surface area contributed by atoms with Gasteiger partial charge < -0.3 is 4.52 Å². The molecule has 0 aliphatic carbocycles. The zero-order valence-electron chi connectivity index (χ0n) is 10.1. The fraction of sp³-hybridized carbons (Fsp3) is 0.308. The third-order valence-corrected chi connectivity index (χ3v) is 3.09. The van der Waals surface area contributed by atoms with Crippen LogP contribution < -0.4 is 0 Å². The topological polar surface area (TPSA) is 62.7 Å². The molecule has 0 aliphatic heterocycles. The molecule has 1 aromatic heterocycles. The van der Waals surface area contributed by atoms with Gasteiger partial charge in [0.25, 0.3) is 0 Å². The number of hydrogen-bond donors (Lipinski definition) is 0. The van der Waals surface area contributed by atoms with Crippen molar-refractivity contribution in [2.24, 2.45) is 5.92 Å². The molecular formula is C13H12BrN3O. The average molecular weight is 306 g/mol. The Labute approximate surface area is 114 Å². The van der Waals surface area contributed by atoms with E-state index in [9.17, 15) is 0 Å². The quantitative estimate of drug-likeness (QED) is 0.870. The van der Waals surface area contributed by atoms with Crippen molar-refractivity contribution >= 4 is 15.9 Å². The van der Waals surface area contributed by atoms with E-state index in [0.717, 1.165) is 15.6 Å². The molecule has 92 valence electrons. The van der Waals surface area contributed by atoms with Gasteiger partial charge in [-0.05, 0) is 37.6 Å². The van der Waals surface area contributed by atoms with Gasteiger partial charge in [0.15, 0.2) is 0 Å². The van der Waals surface area contributed by atoms with Crippen molar-refractivity contribution in [2.75, 3.05) is 0 Å². The van der Waals surface area contributed by atoms with E-state index in [2.05, 4.69) is 32.1 Å². The van der Waals surface area contributed by atoms with Gasteiger partial charge in [-0.25, -0.2) is 0 Å². The maximum absolute atomic E-state index is 8.75. The molecule has 0 saturated carbocycles. The molecule has 2 aromatic rings. The molecule has 0 aliphatic rings. The molecule has 1 atom stereocenters. The highest BCUT2D eigenvalue weighted by Gasteiger charge is 2.13. The highest BCUT2D eigenvalue weighted by molar-refractivity contribution is 9.10. The molecule has 4 nitrogen and oxygen atoms in total. The lowest BCUT2D eigenvalue weighted by Crippen LogP contribution is -1.96. The molecule has 5 heteroatoms. The van der Waals surface area contributed by atoms with Gasteiger partial charge in [0.2, 0.25) is 11.7 Å². The lowest BCUT2D eigenvalue weighted by molar-refractivity contribution is 0.369. The monoisotopic (exact) mass is 305 g/mol.